The Bertz CT molecular complexity index is 535. The summed E-state index contributed by atoms with van der Waals surface area (Å²) in [5, 5.41) is 20.0. The Morgan fingerprint density at radius 1 is 1.44 bits per heavy atom. The number of carbonyl (C=O) groups excluding carboxylic acids is 1. The number of nitrogens with zero attached hydrogens (tertiary/aromatic N) is 2. The second-order valence-electron chi connectivity index (χ2n) is 3.85. The molecule has 0 radical (unpaired) electrons. The van der Waals surface area contributed by atoms with Gasteiger partial charge in [0.05, 0.1) is 24.0 Å². The van der Waals surface area contributed by atoms with Crippen LogP contribution in [-0.4, -0.2) is 28.6 Å². The standard InChI is InChI=1S/C10H8F2N2O4/c11-6-1-2-7(14(17)18)10(9(6)12)13-4-5(15)3-8(13)16/h1-2,5,15H,3-4H2. The van der Waals surface area contributed by atoms with Crippen molar-refractivity contribution in [1.29, 1.82) is 0 Å². The van der Waals surface area contributed by atoms with E-state index in [2.05, 4.69) is 0 Å². The maximum absolute atomic E-state index is 13.6. The molecule has 1 atom stereocenters. The Morgan fingerprint density at radius 2 is 2.11 bits per heavy atom. The van der Waals surface area contributed by atoms with Gasteiger partial charge in [0.15, 0.2) is 17.3 Å². The van der Waals surface area contributed by atoms with E-state index in [9.17, 15) is 28.8 Å². The SMILES string of the molecule is O=C1CC(O)CN1c1c([N+](=O)[O-])ccc(F)c1F. The molecule has 1 amide bonds. The smallest absolute Gasteiger partial charge is 0.296 e. The molecule has 0 bridgehead atoms. The van der Waals surface area contributed by atoms with E-state index in [1.165, 1.54) is 0 Å². The van der Waals surface area contributed by atoms with Gasteiger partial charge < -0.3 is 10.0 Å². The summed E-state index contributed by atoms with van der Waals surface area (Å²) in [6.07, 6.45) is -1.31. The predicted molar refractivity (Wildman–Crippen MR) is 56.0 cm³/mol. The molecule has 1 fully saturated rings. The molecule has 1 aliphatic rings. The van der Waals surface area contributed by atoms with Crippen LogP contribution >= 0.6 is 0 Å². The maximum atomic E-state index is 13.6. The van der Waals surface area contributed by atoms with Crippen molar-refractivity contribution in [2.45, 2.75) is 12.5 Å². The lowest BCUT2D eigenvalue weighted by Crippen LogP contribution is -2.27. The van der Waals surface area contributed by atoms with Gasteiger partial charge in [0.1, 0.15) is 0 Å². The average molecular weight is 258 g/mol. The van der Waals surface area contributed by atoms with Crippen molar-refractivity contribution in [1.82, 2.24) is 0 Å². The second kappa shape index (κ2) is 4.30. The molecule has 0 spiro atoms. The first-order valence-electron chi connectivity index (χ1n) is 5.02. The van der Waals surface area contributed by atoms with Gasteiger partial charge in [0.2, 0.25) is 5.91 Å². The van der Waals surface area contributed by atoms with Crippen LogP contribution in [0.15, 0.2) is 12.1 Å². The molecule has 1 aliphatic heterocycles. The van der Waals surface area contributed by atoms with Crippen molar-refractivity contribution in [2.24, 2.45) is 0 Å². The van der Waals surface area contributed by atoms with Crippen LogP contribution in [0.2, 0.25) is 0 Å². The summed E-state index contributed by atoms with van der Waals surface area (Å²) in [4.78, 5) is 22.0. The number of anilines is 1. The third-order valence-corrected chi connectivity index (χ3v) is 2.62. The number of aliphatic hydroxyl groups excluding tert-OH is 1. The highest BCUT2D eigenvalue weighted by atomic mass is 19.2. The van der Waals surface area contributed by atoms with E-state index in [0.29, 0.717) is 11.0 Å². The quantitative estimate of drug-likeness (QED) is 0.632. The first kappa shape index (κ1) is 12.4. The predicted octanol–water partition coefficient (Wildman–Crippen LogP) is 0.971. The average Bonchev–Trinajstić information content (AvgIpc) is 2.61. The van der Waals surface area contributed by atoms with E-state index >= 15 is 0 Å². The van der Waals surface area contributed by atoms with Crippen molar-refractivity contribution >= 4 is 17.3 Å². The van der Waals surface area contributed by atoms with E-state index in [-0.39, 0.29) is 13.0 Å². The fraction of sp³-hybridized carbons (Fsp3) is 0.300. The second-order valence-corrected chi connectivity index (χ2v) is 3.85. The molecular weight excluding hydrogens is 250 g/mol. The van der Waals surface area contributed by atoms with Gasteiger partial charge in [-0.1, -0.05) is 0 Å². The molecule has 0 aromatic heterocycles. The molecule has 1 saturated heterocycles. The highest BCUT2D eigenvalue weighted by Crippen LogP contribution is 2.35. The van der Waals surface area contributed by atoms with E-state index < -0.39 is 39.9 Å². The van der Waals surface area contributed by atoms with Crippen LogP contribution in [0.5, 0.6) is 0 Å². The molecule has 6 nitrogen and oxygen atoms in total. The van der Waals surface area contributed by atoms with Gasteiger partial charge in [-0.05, 0) is 6.07 Å². The van der Waals surface area contributed by atoms with E-state index in [1.54, 1.807) is 0 Å². The monoisotopic (exact) mass is 258 g/mol. The minimum Gasteiger partial charge on any atom is -0.391 e. The molecule has 8 heteroatoms. The van der Waals surface area contributed by atoms with Crippen molar-refractivity contribution < 1.29 is 23.6 Å². The lowest BCUT2D eigenvalue weighted by atomic mass is 10.2. The first-order chi connectivity index (χ1) is 8.41. The Balaban J connectivity index is 2.58. The minimum absolute atomic E-state index is 0.271. The number of nitro groups is 1. The molecule has 1 aromatic carbocycles. The third kappa shape index (κ3) is 1.90. The van der Waals surface area contributed by atoms with Gasteiger partial charge in [0, 0.05) is 6.07 Å². The van der Waals surface area contributed by atoms with Crippen LogP contribution in [-0.2, 0) is 4.79 Å². The number of benzene rings is 1. The van der Waals surface area contributed by atoms with Crippen LogP contribution in [0, 0.1) is 21.7 Å². The van der Waals surface area contributed by atoms with Gasteiger partial charge in [-0.15, -0.1) is 0 Å². The van der Waals surface area contributed by atoms with Crippen molar-refractivity contribution in [3.63, 3.8) is 0 Å². The van der Waals surface area contributed by atoms with Gasteiger partial charge in [-0.3, -0.25) is 14.9 Å². The van der Waals surface area contributed by atoms with Crippen LogP contribution < -0.4 is 4.90 Å². The molecule has 1 N–H and O–H groups in total. The zero-order valence-electron chi connectivity index (χ0n) is 8.97. The number of rotatable bonds is 2. The van der Waals surface area contributed by atoms with Gasteiger partial charge in [-0.2, -0.15) is 0 Å². The molecule has 1 aromatic rings. The number of aliphatic hydroxyl groups is 1. The molecule has 18 heavy (non-hydrogen) atoms. The third-order valence-electron chi connectivity index (χ3n) is 2.62. The van der Waals surface area contributed by atoms with Gasteiger partial charge >= 0.3 is 0 Å². The molecule has 0 saturated carbocycles. The van der Waals surface area contributed by atoms with Crippen molar-refractivity contribution in [3.05, 3.63) is 33.9 Å². The van der Waals surface area contributed by atoms with Crippen molar-refractivity contribution in [2.75, 3.05) is 11.4 Å². The molecule has 96 valence electrons. The first-order valence-corrected chi connectivity index (χ1v) is 5.02. The topological polar surface area (TPSA) is 83.7 Å². The molecule has 1 heterocycles. The molecular formula is C10H8F2N2O4. The van der Waals surface area contributed by atoms with E-state index in [1.807, 2.05) is 0 Å². The number of nitro benzene ring substituents is 1. The van der Waals surface area contributed by atoms with Crippen LogP contribution in [0.4, 0.5) is 20.2 Å². The molecule has 2 rings (SSSR count). The maximum Gasteiger partial charge on any atom is 0.296 e. The Kier molecular flexibility index (Phi) is 2.95. The lowest BCUT2D eigenvalue weighted by Gasteiger charge is -2.16. The Morgan fingerprint density at radius 3 is 2.61 bits per heavy atom. The number of β-amino-alcohol motifs (C(OH)–C–C–N with tert-alkyl or cyclic N) is 1. The molecule has 1 unspecified atom stereocenters. The van der Waals surface area contributed by atoms with E-state index in [0.717, 1.165) is 6.07 Å². The fourth-order valence-corrected chi connectivity index (χ4v) is 1.84. The number of hydrogen-bond donors (Lipinski definition) is 1. The van der Waals surface area contributed by atoms with Crippen LogP contribution in [0.3, 0.4) is 0 Å². The minimum atomic E-state index is -1.47. The highest BCUT2D eigenvalue weighted by molar-refractivity contribution is 5.98. The zero-order valence-corrected chi connectivity index (χ0v) is 8.97. The number of halogens is 2. The number of amides is 1. The normalized spacial score (nSPS) is 19.4. The summed E-state index contributed by atoms with van der Waals surface area (Å²) in [5.41, 5.74) is -1.45. The number of carbonyl (C=O) groups is 1. The van der Waals surface area contributed by atoms with Gasteiger partial charge in [-0.25, -0.2) is 8.78 Å². The Labute approximate surface area is 99.6 Å². The summed E-state index contributed by atoms with van der Waals surface area (Å²) in [6, 6.07) is 1.40. The summed E-state index contributed by atoms with van der Waals surface area (Å²) < 4.78 is 26.7. The summed E-state index contributed by atoms with van der Waals surface area (Å²) >= 11 is 0. The van der Waals surface area contributed by atoms with Crippen molar-refractivity contribution in [3.8, 4) is 0 Å². The lowest BCUT2D eigenvalue weighted by molar-refractivity contribution is -0.384. The fourth-order valence-electron chi connectivity index (χ4n) is 1.84. The summed E-state index contributed by atoms with van der Waals surface area (Å²) in [7, 11) is 0. The summed E-state index contributed by atoms with van der Waals surface area (Å²) in [6.45, 7) is -0.292. The largest absolute Gasteiger partial charge is 0.391 e. The Hall–Kier alpha value is -2.09. The van der Waals surface area contributed by atoms with E-state index in [4.69, 9.17) is 0 Å². The molecule has 0 aliphatic carbocycles. The van der Waals surface area contributed by atoms with Crippen LogP contribution in [0.25, 0.3) is 0 Å². The van der Waals surface area contributed by atoms with Gasteiger partial charge in [0.25, 0.3) is 5.69 Å². The highest BCUT2D eigenvalue weighted by Gasteiger charge is 2.36. The van der Waals surface area contributed by atoms with Crippen LogP contribution in [0.1, 0.15) is 6.42 Å². The number of hydrogen-bond acceptors (Lipinski definition) is 4. The zero-order chi connectivity index (χ0) is 13.4. The summed E-state index contributed by atoms with van der Waals surface area (Å²) in [5.74, 6) is -3.44.